The fraction of sp³-hybridized carbons (Fsp3) is 0. The molecule has 0 radical (unpaired) electrons. The number of hydrogen-bond acceptors (Lipinski definition) is 1. The molecule has 0 heterocycles. The number of carboxylic acid groups (broad SMARTS) is 1. The molecule has 0 amide bonds. The molecule has 0 aromatic rings. The Morgan fingerprint density at radius 1 is 2.00 bits per heavy atom. The molecule has 30 valence electrons. The van der Waals surface area contributed by atoms with E-state index in [0.717, 1.165) is 0 Å². The Morgan fingerprint density at radius 2 is 2.20 bits per heavy atom. The van der Waals surface area contributed by atoms with Crippen molar-refractivity contribution in [2.45, 2.75) is 0 Å². The molecule has 0 aliphatic rings. The predicted octanol–water partition coefficient (Wildman–Crippen LogP) is -0.423. The van der Waals surface area contributed by atoms with Gasteiger partial charge in [0.05, 0.1) is 0 Å². The normalized spacial score (nSPS) is 5.80. The number of carbonyl (C=O) groups is 1. The first-order valence-electron chi connectivity index (χ1n) is 0.844. The van der Waals surface area contributed by atoms with Crippen LogP contribution in [0.2, 0.25) is 0 Å². The standard InChI is InChI=1S/C2HO2.Co/c1-2(3)4;/h(H,3,4);. The second-order valence-corrected chi connectivity index (χ2v) is 0.649. The van der Waals surface area contributed by atoms with E-state index in [1.54, 1.807) is 4.77 Å². The summed E-state index contributed by atoms with van der Waals surface area (Å²) >= 11 is 3.21. The van der Waals surface area contributed by atoms with Crippen molar-refractivity contribution < 1.29 is 25.0 Å². The van der Waals surface area contributed by atoms with Gasteiger partial charge in [-0.3, -0.25) is 0 Å². The zero-order valence-corrected chi connectivity index (χ0v) is 3.23. The third-order valence-corrected chi connectivity index (χ3v) is 0.294. The van der Waals surface area contributed by atoms with E-state index in [2.05, 4.69) is 15.1 Å². The molecule has 2 nitrogen and oxygen atoms in total. The van der Waals surface area contributed by atoms with Crippen LogP contribution in [0.1, 0.15) is 0 Å². The van der Waals surface area contributed by atoms with Gasteiger partial charge in [-0.2, -0.15) is 0 Å². The quantitative estimate of drug-likeness (QED) is 0.466. The van der Waals surface area contributed by atoms with Gasteiger partial charge in [0.25, 0.3) is 0 Å². The Kier molecular flexibility index (Phi) is 1.92. The number of aliphatic carboxylic acids is 1. The maximum atomic E-state index is 9.18. The van der Waals surface area contributed by atoms with E-state index < -0.39 is 5.97 Å². The first kappa shape index (κ1) is 4.76. The summed E-state index contributed by atoms with van der Waals surface area (Å²) in [5, 5.41) is 7.53. The first-order valence-corrected chi connectivity index (χ1v) is 1.36. The molecule has 0 aromatic carbocycles. The molecule has 0 atom stereocenters. The van der Waals surface area contributed by atoms with Crippen molar-refractivity contribution >= 4 is 5.97 Å². The van der Waals surface area contributed by atoms with Crippen LogP contribution in [-0.4, -0.2) is 11.1 Å². The van der Waals surface area contributed by atoms with Gasteiger partial charge in [0.2, 0.25) is 0 Å². The SMILES string of the molecule is O=C(O)[C]#[Co]. The summed E-state index contributed by atoms with van der Waals surface area (Å²) < 4.78 is 1.63. The molecule has 0 saturated heterocycles. The Morgan fingerprint density at radius 3 is 2.20 bits per heavy atom. The maximum absolute atomic E-state index is 9.18. The second kappa shape index (κ2) is 2.02. The van der Waals surface area contributed by atoms with Crippen LogP contribution in [-0.2, 0) is 19.9 Å². The molecule has 0 saturated carbocycles. The van der Waals surface area contributed by atoms with Gasteiger partial charge in [-0.1, -0.05) is 0 Å². The molecule has 5 heavy (non-hydrogen) atoms. The Hall–Kier alpha value is -0.244. The van der Waals surface area contributed by atoms with Crippen LogP contribution in [0, 0.1) is 4.77 Å². The monoisotopic (exact) mass is 116 g/mol. The average Bonchev–Trinajstić information content (AvgIpc) is 1.38. The fourth-order valence-electron chi connectivity index (χ4n) is 0. The van der Waals surface area contributed by atoms with Gasteiger partial charge >= 0.3 is 35.7 Å². The molecular formula is C2HCoO2. The van der Waals surface area contributed by atoms with Gasteiger partial charge in [-0.15, -0.1) is 0 Å². The Balaban J connectivity index is 3.35. The molecule has 3 heteroatoms. The molecule has 1 N–H and O–H groups in total. The van der Waals surface area contributed by atoms with Crippen molar-refractivity contribution in [1.82, 2.24) is 0 Å². The molecule has 0 aliphatic carbocycles. The molecule has 0 aromatic heterocycles. The van der Waals surface area contributed by atoms with Crippen LogP contribution in [0.3, 0.4) is 0 Å². The average molecular weight is 116 g/mol. The van der Waals surface area contributed by atoms with E-state index in [1.165, 1.54) is 0 Å². The Labute approximate surface area is 36.6 Å². The third kappa shape index (κ3) is 3.76. The summed E-state index contributed by atoms with van der Waals surface area (Å²) in [5.41, 5.74) is 0. The molecule has 0 bridgehead atoms. The topological polar surface area (TPSA) is 37.3 Å². The van der Waals surface area contributed by atoms with Gasteiger partial charge in [0.1, 0.15) is 0 Å². The van der Waals surface area contributed by atoms with Crippen LogP contribution in [0.15, 0.2) is 0 Å². The first-order chi connectivity index (χ1) is 2.27. The number of hydrogen-bond donors (Lipinski definition) is 1. The van der Waals surface area contributed by atoms with Crippen molar-refractivity contribution in [3.05, 3.63) is 0 Å². The summed E-state index contributed by atoms with van der Waals surface area (Å²) in [6.07, 6.45) is 0. The van der Waals surface area contributed by atoms with Gasteiger partial charge < -0.3 is 0 Å². The molecule has 0 unspecified atom stereocenters. The van der Waals surface area contributed by atoms with Crippen molar-refractivity contribution in [3.8, 4) is 4.77 Å². The van der Waals surface area contributed by atoms with E-state index in [1.807, 2.05) is 0 Å². The second-order valence-electron chi connectivity index (χ2n) is 0.388. The van der Waals surface area contributed by atoms with Crippen LogP contribution in [0.25, 0.3) is 0 Å². The van der Waals surface area contributed by atoms with Crippen LogP contribution in [0.5, 0.6) is 0 Å². The molecule has 0 fully saturated rings. The fourth-order valence-corrected chi connectivity index (χ4v) is 0. The van der Waals surface area contributed by atoms with Crippen LogP contribution >= 0.6 is 0 Å². The number of rotatable bonds is 0. The minimum absolute atomic E-state index is 1.13. The van der Waals surface area contributed by atoms with Gasteiger partial charge in [0.15, 0.2) is 0 Å². The zero-order valence-electron chi connectivity index (χ0n) is 2.19. The summed E-state index contributed by atoms with van der Waals surface area (Å²) in [7, 11) is 0. The molecular weight excluding hydrogens is 115 g/mol. The van der Waals surface area contributed by atoms with Crippen LogP contribution in [0.4, 0.5) is 0 Å². The van der Waals surface area contributed by atoms with E-state index in [9.17, 15) is 4.79 Å². The predicted molar refractivity (Wildman–Crippen MR) is 11.5 cm³/mol. The van der Waals surface area contributed by atoms with E-state index in [0.29, 0.717) is 0 Å². The van der Waals surface area contributed by atoms with Crippen molar-refractivity contribution in [2.24, 2.45) is 0 Å². The van der Waals surface area contributed by atoms with E-state index >= 15 is 0 Å². The van der Waals surface area contributed by atoms with Gasteiger partial charge in [-0.25, -0.2) is 0 Å². The zero-order chi connectivity index (χ0) is 4.28. The van der Waals surface area contributed by atoms with Crippen molar-refractivity contribution in [3.63, 3.8) is 0 Å². The van der Waals surface area contributed by atoms with Crippen LogP contribution < -0.4 is 0 Å². The van der Waals surface area contributed by atoms with E-state index in [-0.39, 0.29) is 0 Å². The summed E-state index contributed by atoms with van der Waals surface area (Å²) in [6, 6.07) is 0. The van der Waals surface area contributed by atoms with Gasteiger partial charge in [-0.05, 0) is 0 Å². The Bertz CT molecular complexity index is 80.1. The summed E-state index contributed by atoms with van der Waals surface area (Å²) in [6.45, 7) is 0. The summed E-state index contributed by atoms with van der Waals surface area (Å²) in [4.78, 5) is 9.18. The number of carboxylic acids is 1. The molecule has 0 rings (SSSR count). The van der Waals surface area contributed by atoms with Crippen molar-refractivity contribution in [1.29, 1.82) is 0 Å². The molecule has 0 aliphatic heterocycles. The third-order valence-electron chi connectivity index (χ3n) is 0.0713. The summed E-state index contributed by atoms with van der Waals surface area (Å²) in [5.74, 6) is -1.13. The molecule has 0 spiro atoms. The minimum atomic E-state index is -1.13. The van der Waals surface area contributed by atoms with Crippen molar-refractivity contribution in [2.75, 3.05) is 0 Å². The van der Waals surface area contributed by atoms with E-state index in [4.69, 9.17) is 5.11 Å². The van der Waals surface area contributed by atoms with Gasteiger partial charge in [0, 0.05) is 0 Å².